The van der Waals surface area contributed by atoms with Gasteiger partial charge in [-0.25, -0.2) is 4.68 Å². The standard InChI is InChI=1S/C20H22ClN3O2/c1-4-15(10-14(2)21)12-23-9-8-18-19(13-23)22-24(20(18)25)16-6-5-7-17(11-16)26-3/h4-7,10-11,22H,1-2,8-9,12-13H2,3H3/b15-10+. The van der Waals surface area contributed by atoms with Crippen molar-refractivity contribution in [3.63, 3.8) is 0 Å². The number of hydrogen-bond donors (Lipinski definition) is 1. The van der Waals surface area contributed by atoms with Gasteiger partial charge in [0.05, 0.1) is 18.5 Å². The average Bonchev–Trinajstić information content (AvgIpc) is 2.97. The fourth-order valence-corrected chi connectivity index (χ4v) is 3.31. The molecule has 1 aliphatic rings. The number of benzene rings is 1. The summed E-state index contributed by atoms with van der Waals surface area (Å²) in [7, 11) is 1.61. The molecule has 1 aromatic heterocycles. The third-order valence-corrected chi connectivity index (χ3v) is 4.56. The minimum Gasteiger partial charge on any atom is -0.497 e. The Morgan fingerprint density at radius 1 is 1.46 bits per heavy atom. The van der Waals surface area contributed by atoms with Crippen LogP contribution in [0.2, 0.25) is 0 Å². The van der Waals surface area contributed by atoms with Crippen molar-refractivity contribution in [1.82, 2.24) is 14.7 Å². The molecule has 0 unspecified atom stereocenters. The molecule has 0 aliphatic carbocycles. The molecule has 1 aromatic carbocycles. The van der Waals surface area contributed by atoms with Gasteiger partial charge >= 0.3 is 0 Å². The Morgan fingerprint density at radius 2 is 2.27 bits per heavy atom. The SMILES string of the molecule is C=C/C(=C\C(=C)Cl)CN1CCc2c([nH]n(-c3cccc(OC)c3)c2=O)C1. The van der Waals surface area contributed by atoms with Crippen molar-refractivity contribution in [1.29, 1.82) is 0 Å². The Balaban J connectivity index is 1.85. The minimum absolute atomic E-state index is 0.00141. The highest BCUT2D eigenvalue weighted by molar-refractivity contribution is 6.30. The van der Waals surface area contributed by atoms with Crippen LogP contribution in [0.15, 0.2) is 65.0 Å². The monoisotopic (exact) mass is 371 g/mol. The molecule has 1 N–H and O–H groups in total. The van der Waals surface area contributed by atoms with Gasteiger partial charge in [0.25, 0.3) is 5.56 Å². The van der Waals surface area contributed by atoms with E-state index in [0.29, 0.717) is 30.3 Å². The van der Waals surface area contributed by atoms with Crippen LogP contribution in [0.4, 0.5) is 0 Å². The largest absolute Gasteiger partial charge is 0.497 e. The molecule has 26 heavy (non-hydrogen) atoms. The van der Waals surface area contributed by atoms with E-state index in [0.717, 1.165) is 29.1 Å². The highest BCUT2D eigenvalue weighted by Crippen LogP contribution is 2.20. The van der Waals surface area contributed by atoms with E-state index in [1.165, 1.54) is 0 Å². The molecule has 0 fully saturated rings. The number of hydrogen-bond acceptors (Lipinski definition) is 3. The summed E-state index contributed by atoms with van der Waals surface area (Å²) in [6.45, 7) is 9.71. The number of allylic oxidation sites excluding steroid dienone is 2. The molecule has 0 amide bonds. The summed E-state index contributed by atoms with van der Waals surface area (Å²) in [5.74, 6) is 0.714. The van der Waals surface area contributed by atoms with Crippen molar-refractivity contribution in [2.75, 3.05) is 20.2 Å². The number of aromatic nitrogens is 2. The molecule has 3 rings (SSSR count). The average molecular weight is 372 g/mol. The second-order valence-electron chi connectivity index (χ2n) is 6.24. The molecule has 0 saturated heterocycles. The molecule has 0 radical (unpaired) electrons. The first-order valence-electron chi connectivity index (χ1n) is 8.38. The van der Waals surface area contributed by atoms with Crippen LogP contribution in [0.3, 0.4) is 0 Å². The lowest BCUT2D eigenvalue weighted by atomic mass is 10.1. The number of rotatable bonds is 6. The molecule has 2 heterocycles. The summed E-state index contributed by atoms with van der Waals surface area (Å²) in [5, 5.41) is 3.73. The fraction of sp³-hybridized carbons (Fsp3) is 0.250. The van der Waals surface area contributed by atoms with E-state index in [1.54, 1.807) is 17.9 Å². The van der Waals surface area contributed by atoms with Crippen molar-refractivity contribution < 1.29 is 4.74 Å². The van der Waals surface area contributed by atoms with Crippen LogP contribution >= 0.6 is 11.6 Å². The van der Waals surface area contributed by atoms with Gasteiger partial charge in [0, 0.05) is 36.3 Å². The molecular formula is C20H22ClN3O2. The number of nitrogens with one attached hydrogen (secondary N) is 1. The van der Waals surface area contributed by atoms with Crippen molar-refractivity contribution >= 4 is 11.6 Å². The summed E-state index contributed by atoms with van der Waals surface area (Å²) < 4.78 is 6.84. The lowest BCUT2D eigenvalue weighted by Crippen LogP contribution is -2.33. The number of methoxy groups -OCH3 is 1. The smallest absolute Gasteiger partial charge is 0.274 e. The number of H-pyrrole nitrogens is 1. The molecule has 0 bridgehead atoms. The first-order chi connectivity index (χ1) is 12.5. The summed E-state index contributed by atoms with van der Waals surface area (Å²) in [5.41, 5.74) is 3.55. The number of halogens is 1. The van der Waals surface area contributed by atoms with Gasteiger partial charge in [-0.15, -0.1) is 0 Å². The van der Waals surface area contributed by atoms with Crippen molar-refractivity contribution in [3.05, 3.63) is 81.8 Å². The van der Waals surface area contributed by atoms with Gasteiger partial charge in [-0.3, -0.25) is 14.8 Å². The molecule has 0 spiro atoms. The molecule has 6 heteroatoms. The zero-order valence-electron chi connectivity index (χ0n) is 14.8. The summed E-state index contributed by atoms with van der Waals surface area (Å²) >= 11 is 5.87. The Labute approximate surface area is 157 Å². The molecule has 5 nitrogen and oxygen atoms in total. The van der Waals surface area contributed by atoms with Gasteiger partial charge in [-0.1, -0.05) is 36.9 Å². The predicted octanol–water partition coefficient (Wildman–Crippen LogP) is 3.40. The zero-order chi connectivity index (χ0) is 18.7. The van der Waals surface area contributed by atoms with Crippen molar-refractivity contribution in [2.45, 2.75) is 13.0 Å². The summed E-state index contributed by atoms with van der Waals surface area (Å²) in [4.78, 5) is 15.0. The predicted molar refractivity (Wildman–Crippen MR) is 105 cm³/mol. The molecule has 2 aromatic rings. The Kier molecular flexibility index (Phi) is 5.49. The maximum atomic E-state index is 12.8. The first kappa shape index (κ1) is 18.3. The number of nitrogens with zero attached hydrogens (tertiary/aromatic N) is 2. The van der Waals surface area contributed by atoms with Crippen LogP contribution in [-0.2, 0) is 13.0 Å². The third kappa shape index (κ3) is 3.84. The fourth-order valence-electron chi connectivity index (χ4n) is 3.17. The van der Waals surface area contributed by atoms with Gasteiger partial charge in [0.15, 0.2) is 0 Å². The quantitative estimate of drug-likeness (QED) is 0.792. The van der Waals surface area contributed by atoms with Crippen molar-refractivity contribution in [2.24, 2.45) is 0 Å². The van der Waals surface area contributed by atoms with Crippen molar-refractivity contribution in [3.8, 4) is 11.4 Å². The highest BCUT2D eigenvalue weighted by Gasteiger charge is 2.23. The number of fused-ring (bicyclic) bond motifs is 1. The van der Waals surface area contributed by atoms with E-state index in [4.69, 9.17) is 16.3 Å². The second kappa shape index (κ2) is 7.81. The van der Waals surface area contributed by atoms with E-state index < -0.39 is 0 Å². The maximum absolute atomic E-state index is 12.8. The van der Waals surface area contributed by atoms with E-state index in [1.807, 2.05) is 30.3 Å². The van der Waals surface area contributed by atoms with Gasteiger partial charge in [0.2, 0.25) is 0 Å². The van der Waals surface area contributed by atoms with E-state index in [2.05, 4.69) is 23.2 Å². The molecule has 136 valence electrons. The molecule has 0 saturated carbocycles. The second-order valence-corrected chi connectivity index (χ2v) is 6.73. The molecule has 1 aliphatic heterocycles. The molecule has 0 atom stereocenters. The van der Waals surface area contributed by atoms with E-state index in [-0.39, 0.29) is 5.56 Å². The maximum Gasteiger partial charge on any atom is 0.274 e. The molecular weight excluding hydrogens is 350 g/mol. The summed E-state index contributed by atoms with van der Waals surface area (Å²) in [6, 6.07) is 7.44. The van der Waals surface area contributed by atoms with Gasteiger partial charge in [-0.2, -0.15) is 0 Å². The topological polar surface area (TPSA) is 50.3 Å². The van der Waals surface area contributed by atoms with Crippen LogP contribution in [0.25, 0.3) is 5.69 Å². The van der Waals surface area contributed by atoms with Gasteiger partial charge < -0.3 is 4.74 Å². The first-order valence-corrected chi connectivity index (χ1v) is 8.76. The summed E-state index contributed by atoms with van der Waals surface area (Å²) in [6.07, 6.45) is 4.30. The lowest BCUT2D eigenvalue weighted by Gasteiger charge is -2.26. The van der Waals surface area contributed by atoms with Gasteiger partial charge in [-0.05, 0) is 30.2 Å². The number of ether oxygens (including phenoxy) is 1. The van der Waals surface area contributed by atoms with Crippen LogP contribution in [-0.4, -0.2) is 34.9 Å². The zero-order valence-corrected chi connectivity index (χ0v) is 15.6. The van der Waals surface area contributed by atoms with E-state index >= 15 is 0 Å². The van der Waals surface area contributed by atoms with Crippen LogP contribution in [0.1, 0.15) is 11.3 Å². The lowest BCUT2D eigenvalue weighted by molar-refractivity contribution is 0.274. The van der Waals surface area contributed by atoms with Gasteiger partial charge in [0.1, 0.15) is 5.75 Å². The Hall–Kier alpha value is -2.50. The minimum atomic E-state index is 0.00141. The Morgan fingerprint density at radius 3 is 2.96 bits per heavy atom. The van der Waals surface area contributed by atoms with E-state index in [9.17, 15) is 4.79 Å². The van der Waals surface area contributed by atoms with Crippen LogP contribution < -0.4 is 10.3 Å². The highest BCUT2D eigenvalue weighted by atomic mass is 35.5. The number of aromatic amines is 1. The Bertz CT molecular complexity index is 923. The van der Waals surface area contributed by atoms with Crippen LogP contribution in [0, 0.1) is 0 Å². The third-order valence-electron chi connectivity index (χ3n) is 4.45. The normalized spacial score (nSPS) is 14.8. The van der Waals surface area contributed by atoms with Crippen LogP contribution in [0.5, 0.6) is 5.75 Å².